The van der Waals surface area contributed by atoms with Gasteiger partial charge in [-0.2, -0.15) is 0 Å². The third kappa shape index (κ3) is 3.00. The van der Waals surface area contributed by atoms with Gasteiger partial charge in [0, 0.05) is 38.7 Å². The molecule has 0 saturated carbocycles. The van der Waals surface area contributed by atoms with Gasteiger partial charge in [-0.25, -0.2) is 9.97 Å². The van der Waals surface area contributed by atoms with E-state index in [1.807, 2.05) is 14.1 Å². The quantitative estimate of drug-likeness (QED) is 0.876. The van der Waals surface area contributed by atoms with Crippen LogP contribution in [0.15, 0.2) is 6.33 Å². The number of likely N-dealkylation sites (N-methyl/N-ethyl adjacent to an activating group) is 1. The van der Waals surface area contributed by atoms with E-state index in [0.29, 0.717) is 12.3 Å². The van der Waals surface area contributed by atoms with Crippen LogP contribution in [0.5, 0.6) is 0 Å². The lowest BCUT2D eigenvalue weighted by molar-refractivity contribution is -0.132. The molecule has 6 nitrogen and oxygen atoms in total. The predicted molar refractivity (Wildman–Crippen MR) is 79.9 cm³/mol. The molecule has 20 heavy (non-hydrogen) atoms. The lowest BCUT2D eigenvalue weighted by Crippen LogP contribution is -2.43. The first-order valence-electron chi connectivity index (χ1n) is 7.06. The van der Waals surface area contributed by atoms with Crippen molar-refractivity contribution in [1.29, 1.82) is 0 Å². The molecule has 1 saturated heterocycles. The van der Waals surface area contributed by atoms with Gasteiger partial charge in [0.2, 0.25) is 5.91 Å². The van der Waals surface area contributed by atoms with E-state index < -0.39 is 0 Å². The van der Waals surface area contributed by atoms with Crippen molar-refractivity contribution in [3.8, 4) is 0 Å². The summed E-state index contributed by atoms with van der Waals surface area (Å²) >= 11 is 0. The van der Waals surface area contributed by atoms with E-state index in [4.69, 9.17) is 0 Å². The third-order valence-electron chi connectivity index (χ3n) is 3.67. The Labute approximate surface area is 120 Å². The standard InChI is InChI=1S/C14H23N5O/c1-9(2)12-13(15-3)16-8-17-14(12)18-10-5-6-11(20)19(4)7-10/h8-10H,5-7H2,1-4H3,(H2,15,16,17,18). The van der Waals surface area contributed by atoms with Crippen LogP contribution in [0.1, 0.15) is 38.2 Å². The molecule has 1 fully saturated rings. The van der Waals surface area contributed by atoms with Gasteiger partial charge in [-0.3, -0.25) is 4.79 Å². The van der Waals surface area contributed by atoms with Gasteiger partial charge >= 0.3 is 0 Å². The fourth-order valence-electron chi connectivity index (χ4n) is 2.58. The van der Waals surface area contributed by atoms with Gasteiger partial charge < -0.3 is 15.5 Å². The zero-order valence-electron chi connectivity index (χ0n) is 12.6. The van der Waals surface area contributed by atoms with Crippen LogP contribution < -0.4 is 10.6 Å². The molecule has 1 aliphatic rings. The van der Waals surface area contributed by atoms with E-state index in [1.54, 1.807) is 11.2 Å². The summed E-state index contributed by atoms with van der Waals surface area (Å²) in [4.78, 5) is 22.0. The summed E-state index contributed by atoms with van der Waals surface area (Å²) in [5.41, 5.74) is 1.09. The summed E-state index contributed by atoms with van der Waals surface area (Å²) in [7, 11) is 3.71. The van der Waals surface area contributed by atoms with Gasteiger partial charge in [0.25, 0.3) is 0 Å². The molecule has 6 heteroatoms. The van der Waals surface area contributed by atoms with Crippen LogP contribution in [0.4, 0.5) is 11.6 Å². The Kier molecular flexibility index (Phi) is 4.42. The maximum absolute atomic E-state index is 11.5. The number of amides is 1. The Morgan fingerprint density at radius 2 is 2.05 bits per heavy atom. The number of hydrogen-bond donors (Lipinski definition) is 2. The molecule has 1 aromatic rings. The first-order valence-corrected chi connectivity index (χ1v) is 7.06. The zero-order chi connectivity index (χ0) is 14.7. The molecule has 1 aromatic heterocycles. The third-order valence-corrected chi connectivity index (χ3v) is 3.67. The molecule has 1 amide bonds. The van der Waals surface area contributed by atoms with Gasteiger partial charge in [-0.15, -0.1) is 0 Å². The van der Waals surface area contributed by atoms with Crippen molar-refractivity contribution in [1.82, 2.24) is 14.9 Å². The first-order chi connectivity index (χ1) is 9.52. The van der Waals surface area contributed by atoms with Crippen molar-refractivity contribution >= 4 is 17.5 Å². The zero-order valence-corrected chi connectivity index (χ0v) is 12.6. The van der Waals surface area contributed by atoms with E-state index >= 15 is 0 Å². The Morgan fingerprint density at radius 1 is 1.35 bits per heavy atom. The second-order valence-corrected chi connectivity index (χ2v) is 5.54. The molecule has 2 N–H and O–H groups in total. The molecule has 1 atom stereocenters. The highest BCUT2D eigenvalue weighted by molar-refractivity contribution is 5.77. The Morgan fingerprint density at radius 3 is 2.65 bits per heavy atom. The molecule has 0 aliphatic carbocycles. The van der Waals surface area contributed by atoms with E-state index in [1.165, 1.54) is 0 Å². The number of nitrogens with zero attached hydrogens (tertiary/aromatic N) is 3. The van der Waals surface area contributed by atoms with Crippen LogP contribution in [-0.4, -0.2) is 47.5 Å². The highest BCUT2D eigenvalue weighted by atomic mass is 16.2. The topological polar surface area (TPSA) is 70.1 Å². The van der Waals surface area contributed by atoms with Crippen LogP contribution in [0.3, 0.4) is 0 Å². The second kappa shape index (κ2) is 6.07. The fraction of sp³-hybridized carbons (Fsp3) is 0.643. The largest absolute Gasteiger partial charge is 0.373 e. The predicted octanol–water partition coefficient (Wildman–Crippen LogP) is 1.67. The Hall–Kier alpha value is -1.85. The molecule has 1 aliphatic heterocycles. The first kappa shape index (κ1) is 14.6. The summed E-state index contributed by atoms with van der Waals surface area (Å²) in [5.74, 6) is 2.26. The van der Waals surface area contributed by atoms with Crippen molar-refractivity contribution < 1.29 is 4.79 Å². The highest BCUT2D eigenvalue weighted by Crippen LogP contribution is 2.29. The van der Waals surface area contributed by atoms with Gasteiger partial charge in [-0.1, -0.05) is 13.8 Å². The average molecular weight is 277 g/mol. The van der Waals surface area contributed by atoms with Crippen LogP contribution in [0.2, 0.25) is 0 Å². The molecule has 2 heterocycles. The van der Waals surface area contributed by atoms with Crippen molar-refractivity contribution in [2.24, 2.45) is 0 Å². The van der Waals surface area contributed by atoms with Crippen molar-refractivity contribution in [3.05, 3.63) is 11.9 Å². The summed E-state index contributed by atoms with van der Waals surface area (Å²) in [6, 6.07) is 0.245. The lowest BCUT2D eigenvalue weighted by Gasteiger charge is -2.31. The van der Waals surface area contributed by atoms with Crippen LogP contribution in [0, 0.1) is 0 Å². The van der Waals surface area contributed by atoms with Gasteiger partial charge in [0.1, 0.15) is 18.0 Å². The summed E-state index contributed by atoms with van der Waals surface area (Å²) in [5, 5.41) is 6.59. The number of nitrogens with one attached hydrogen (secondary N) is 2. The monoisotopic (exact) mass is 277 g/mol. The average Bonchev–Trinajstić information content (AvgIpc) is 2.42. The van der Waals surface area contributed by atoms with Crippen LogP contribution >= 0.6 is 0 Å². The normalized spacial score (nSPS) is 19.4. The molecule has 1 unspecified atom stereocenters. The molecule has 0 spiro atoms. The number of piperidine rings is 1. The lowest BCUT2D eigenvalue weighted by atomic mass is 10.0. The molecule has 2 rings (SSSR count). The van der Waals surface area contributed by atoms with E-state index in [9.17, 15) is 4.79 Å². The molecule has 110 valence electrons. The number of hydrogen-bond acceptors (Lipinski definition) is 5. The van der Waals surface area contributed by atoms with E-state index in [0.717, 1.165) is 30.2 Å². The van der Waals surface area contributed by atoms with Crippen molar-refractivity contribution in [2.45, 2.75) is 38.6 Å². The number of likely N-dealkylation sites (tertiary alicyclic amines) is 1. The maximum Gasteiger partial charge on any atom is 0.222 e. The van der Waals surface area contributed by atoms with Crippen molar-refractivity contribution in [3.63, 3.8) is 0 Å². The van der Waals surface area contributed by atoms with E-state index in [-0.39, 0.29) is 11.9 Å². The minimum absolute atomic E-state index is 0.214. The SMILES string of the molecule is CNc1ncnc(NC2CCC(=O)N(C)C2)c1C(C)C. The van der Waals surface area contributed by atoms with Gasteiger partial charge in [0.15, 0.2) is 0 Å². The number of carbonyl (C=O) groups is 1. The maximum atomic E-state index is 11.5. The molecule has 0 aromatic carbocycles. The van der Waals surface area contributed by atoms with Gasteiger partial charge in [-0.05, 0) is 12.3 Å². The number of rotatable bonds is 4. The minimum atomic E-state index is 0.214. The molecule has 0 radical (unpaired) electrons. The van der Waals surface area contributed by atoms with Gasteiger partial charge in [0.05, 0.1) is 0 Å². The fourth-order valence-corrected chi connectivity index (χ4v) is 2.58. The smallest absolute Gasteiger partial charge is 0.222 e. The summed E-state index contributed by atoms with van der Waals surface area (Å²) in [6.07, 6.45) is 3.01. The minimum Gasteiger partial charge on any atom is -0.373 e. The second-order valence-electron chi connectivity index (χ2n) is 5.54. The summed E-state index contributed by atoms with van der Waals surface area (Å²) < 4.78 is 0. The van der Waals surface area contributed by atoms with Crippen LogP contribution in [-0.2, 0) is 4.79 Å². The Bertz CT molecular complexity index is 488. The highest BCUT2D eigenvalue weighted by Gasteiger charge is 2.24. The number of aromatic nitrogens is 2. The Balaban J connectivity index is 2.19. The van der Waals surface area contributed by atoms with Crippen LogP contribution in [0.25, 0.3) is 0 Å². The van der Waals surface area contributed by atoms with Crippen molar-refractivity contribution in [2.75, 3.05) is 31.3 Å². The number of anilines is 2. The molecule has 0 bridgehead atoms. The molecular weight excluding hydrogens is 254 g/mol. The summed E-state index contributed by atoms with van der Waals surface area (Å²) in [6.45, 7) is 4.97. The molecular formula is C14H23N5O. The van der Waals surface area contributed by atoms with E-state index in [2.05, 4.69) is 34.4 Å². The number of carbonyl (C=O) groups excluding carboxylic acids is 1.